The van der Waals surface area contributed by atoms with E-state index >= 15 is 0 Å². The second-order valence-corrected chi connectivity index (χ2v) is 4.50. The highest BCUT2D eigenvalue weighted by Gasteiger charge is 2.03. The topological polar surface area (TPSA) is 25.8 Å². The van der Waals surface area contributed by atoms with E-state index in [-0.39, 0.29) is 5.28 Å². The van der Waals surface area contributed by atoms with Gasteiger partial charge >= 0.3 is 0 Å². The molecular weight excluding hydrogens is 251 g/mol. The third kappa shape index (κ3) is 2.84. The maximum absolute atomic E-state index is 6.02. The average Bonchev–Trinajstić information content (AvgIpc) is 2.22. The van der Waals surface area contributed by atoms with Gasteiger partial charge in [-0.25, -0.2) is 9.97 Å². The van der Waals surface area contributed by atoms with Crippen LogP contribution in [0.3, 0.4) is 0 Å². The van der Waals surface area contributed by atoms with E-state index < -0.39 is 0 Å². The number of benzene rings is 1. The van der Waals surface area contributed by atoms with E-state index in [1.54, 1.807) is 12.3 Å². The Morgan fingerprint density at radius 3 is 2.60 bits per heavy atom. The average molecular weight is 257 g/mol. The summed E-state index contributed by atoms with van der Waals surface area (Å²) in [5, 5.41) is 1.73. The predicted molar refractivity (Wildman–Crippen MR) is 62.6 cm³/mol. The number of hydrogen-bond donors (Lipinski definition) is 0. The van der Waals surface area contributed by atoms with Gasteiger partial charge in [0.2, 0.25) is 5.28 Å². The van der Waals surface area contributed by atoms with Crippen LogP contribution in [0.1, 0.15) is 0 Å². The van der Waals surface area contributed by atoms with Crippen LogP contribution in [-0.2, 0) is 0 Å². The molecule has 0 amide bonds. The lowest BCUT2D eigenvalue weighted by Crippen LogP contribution is -1.83. The van der Waals surface area contributed by atoms with Crippen LogP contribution in [0, 0.1) is 0 Å². The second-order valence-electron chi connectivity index (χ2n) is 2.70. The molecule has 0 fully saturated rings. The second kappa shape index (κ2) is 4.84. The first-order chi connectivity index (χ1) is 7.25. The van der Waals surface area contributed by atoms with Crippen LogP contribution >= 0.6 is 35.0 Å². The van der Waals surface area contributed by atoms with Crippen LogP contribution in [-0.4, -0.2) is 9.97 Å². The molecule has 5 heteroatoms. The predicted octanol–water partition coefficient (Wildman–Crippen LogP) is 3.93. The largest absolute Gasteiger partial charge is 0.226 e. The van der Waals surface area contributed by atoms with Crippen molar-refractivity contribution in [2.75, 3.05) is 0 Å². The Bertz CT molecular complexity index is 476. The van der Waals surface area contributed by atoms with E-state index in [0.29, 0.717) is 5.02 Å². The minimum absolute atomic E-state index is 0.243. The summed E-state index contributed by atoms with van der Waals surface area (Å²) in [5.74, 6) is 0. The first kappa shape index (κ1) is 10.7. The summed E-state index contributed by atoms with van der Waals surface area (Å²) < 4.78 is 0. The van der Waals surface area contributed by atoms with Crippen LogP contribution in [0.25, 0.3) is 0 Å². The van der Waals surface area contributed by atoms with E-state index in [0.717, 1.165) is 9.92 Å². The van der Waals surface area contributed by atoms with Crippen molar-refractivity contribution in [2.45, 2.75) is 9.92 Å². The van der Waals surface area contributed by atoms with E-state index in [1.807, 2.05) is 24.3 Å². The van der Waals surface area contributed by atoms with Crippen LogP contribution in [0.4, 0.5) is 0 Å². The minimum Gasteiger partial charge on any atom is -0.226 e. The quantitative estimate of drug-likeness (QED) is 0.602. The highest BCUT2D eigenvalue weighted by atomic mass is 35.5. The van der Waals surface area contributed by atoms with E-state index in [4.69, 9.17) is 23.2 Å². The van der Waals surface area contributed by atoms with Gasteiger partial charge in [0.15, 0.2) is 0 Å². The zero-order chi connectivity index (χ0) is 10.7. The van der Waals surface area contributed by atoms with Crippen molar-refractivity contribution in [2.24, 2.45) is 0 Å². The molecule has 1 aromatic heterocycles. The van der Waals surface area contributed by atoms with Crippen molar-refractivity contribution in [3.8, 4) is 0 Å². The Morgan fingerprint density at radius 1 is 1.07 bits per heavy atom. The van der Waals surface area contributed by atoms with E-state index in [2.05, 4.69) is 9.97 Å². The highest BCUT2D eigenvalue weighted by Crippen LogP contribution is 2.31. The lowest BCUT2D eigenvalue weighted by Gasteiger charge is -2.02. The maximum atomic E-state index is 6.02. The summed E-state index contributed by atoms with van der Waals surface area (Å²) in [4.78, 5) is 8.83. The van der Waals surface area contributed by atoms with Gasteiger partial charge in [-0.05, 0) is 29.8 Å². The Kier molecular flexibility index (Phi) is 3.46. The van der Waals surface area contributed by atoms with Gasteiger partial charge in [-0.15, -0.1) is 0 Å². The molecule has 0 aliphatic heterocycles. The number of aromatic nitrogens is 2. The van der Waals surface area contributed by atoms with E-state index in [9.17, 15) is 0 Å². The molecule has 0 radical (unpaired) electrons. The molecule has 0 saturated heterocycles. The SMILES string of the molecule is Clc1nccc(Sc2ccccc2Cl)n1. The molecule has 1 aromatic carbocycles. The van der Waals surface area contributed by atoms with Crippen molar-refractivity contribution < 1.29 is 0 Å². The summed E-state index contributed by atoms with van der Waals surface area (Å²) in [7, 11) is 0. The Morgan fingerprint density at radius 2 is 1.87 bits per heavy atom. The smallest absolute Gasteiger partial charge is 0.223 e. The number of nitrogens with zero attached hydrogens (tertiary/aromatic N) is 2. The van der Waals surface area contributed by atoms with Gasteiger partial charge < -0.3 is 0 Å². The Hall–Kier alpha value is -0.770. The Labute approximate surface area is 102 Å². The van der Waals surface area contributed by atoms with Gasteiger partial charge in [-0.2, -0.15) is 0 Å². The van der Waals surface area contributed by atoms with Gasteiger partial charge in [0, 0.05) is 11.1 Å². The molecule has 0 aliphatic rings. The molecule has 0 aliphatic carbocycles. The van der Waals surface area contributed by atoms with Gasteiger partial charge in [0.05, 0.1) is 5.02 Å². The monoisotopic (exact) mass is 256 g/mol. The fraction of sp³-hybridized carbons (Fsp3) is 0. The highest BCUT2D eigenvalue weighted by molar-refractivity contribution is 7.99. The molecular formula is C10H6Cl2N2S. The van der Waals surface area contributed by atoms with Crippen molar-refractivity contribution in [1.29, 1.82) is 0 Å². The lowest BCUT2D eigenvalue weighted by molar-refractivity contribution is 1.05. The molecule has 0 bridgehead atoms. The molecule has 1 heterocycles. The molecule has 76 valence electrons. The molecule has 0 spiro atoms. The van der Waals surface area contributed by atoms with Gasteiger partial charge in [-0.3, -0.25) is 0 Å². The fourth-order valence-electron chi connectivity index (χ4n) is 1.02. The van der Waals surface area contributed by atoms with Crippen LogP contribution in [0.2, 0.25) is 10.3 Å². The summed E-state index contributed by atoms with van der Waals surface area (Å²) in [6.45, 7) is 0. The van der Waals surface area contributed by atoms with Crippen molar-refractivity contribution >= 4 is 35.0 Å². The van der Waals surface area contributed by atoms with Crippen LogP contribution < -0.4 is 0 Å². The normalized spacial score (nSPS) is 10.3. The van der Waals surface area contributed by atoms with Crippen molar-refractivity contribution in [3.05, 3.63) is 46.8 Å². The van der Waals surface area contributed by atoms with E-state index in [1.165, 1.54) is 11.8 Å². The Balaban J connectivity index is 2.26. The molecule has 0 atom stereocenters. The summed E-state index contributed by atoms with van der Waals surface area (Å²) in [6, 6.07) is 9.38. The molecule has 15 heavy (non-hydrogen) atoms. The van der Waals surface area contributed by atoms with Crippen LogP contribution in [0.5, 0.6) is 0 Å². The standard InChI is InChI=1S/C10H6Cl2N2S/c11-7-3-1-2-4-8(7)15-9-5-6-13-10(12)14-9/h1-6H. The third-order valence-corrected chi connectivity index (χ3v) is 3.29. The minimum atomic E-state index is 0.243. The summed E-state index contributed by atoms with van der Waals surface area (Å²) in [5.41, 5.74) is 0. The number of halogens is 2. The van der Waals surface area contributed by atoms with Crippen LogP contribution in [0.15, 0.2) is 46.5 Å². The van der Waals surface area contributed by atoms with Gasteiger partial charge in [-0.1, -0.05) is 35.5 Å². The summed E-state index contributed by atoms with van der Waals surface area (Å²) in [6.07, 6.45) is 1.62. The third-order valence-electron chi connectivity index (χ3n) is 1.65. The summed E-state index contributed by atoms with van der Waals surface area (Å²) >= 11 is 13.2. The van der Waals surface area contributed by atoms with Gasteiger partial charge in [0.1, 0.15) is 5.03 Å². The lowest BCUT2D eigenvalue weighted by atomic mass is 10.4. The molecule has 0 saturated carbocycles. The maximum Gasteiger partial charge on any atom is 0.223 e. The number of rotatable bonds is 2. The van der Waals surface area contributed by atoms with Crippen molar-refractivity contribution in [1.82, 2.24) is 9.97 Å². The molecule has 2 nitrogen and oxygen atoms in total. The van der Waals surface area contributed by atoms with Crippen molar-refractivity contribution in [3.63, 3.8) is 0 Å². The first-order valence-electron chi connectivity index (χ1n) is 4.16. The number of hydrogen-bond acceptors (Lipinski definition) is 3. The fourth-order valence-corrected chi connectivity index (χ4v) is 2.26. The zero-order valence-corrected chi connectivity index (χ0v) is 9.85. The molecule has 2 rings (SSSR count). The zero-order valence-electron chi connectivity index (χ0n) is 7.52. The molecule has 0 N–H and O–H groups in total. The molecule has 2 aromatic rings. The first-order valence-corrected chi connectivity index (χ1v) is 5.74. The van der Waals surface area contributed by atoms with Gasteiger partial charge in [0.25, 0.3) is 0 Å². The molecule has 0 unspecified atom stereocenters.